The Morgan fingerprint density at radius 3 is 2.35 bits per heavy atom. The highest BCUT2D eigenvalue weighted by molar-refractivity contribution is 7.47. The van der Waals surface area contributed by atoms with Gasteiger partial charge < -0.3 is 0 Å². The lowest BCUT2D eigenvalue weighted by Crippen LogP contribution is -1.90. The largest absolute Gasteiger partial charge is 0.0651 e. The van der Waals surface area contributed by atoms with Gasteiger partial charge in [0, 0.05) is 5.29 Å². The van der Waals surface area contributed by atoms with Gasteiger partial charge in [-0.25, -0.2) is 0 Å². The molecule has 0 aromatic carbocycles. The van der Waals surface area contributed by atoms with E-state index < -0.39 is 0 Å². The Morgan fingerprint density at radius 1 is 1.00 bits per heavy atom. The Kier molecular flexibility index (Phi) is 4.40. The molecule has 0 atom stereocenters. The number of allylic oxidation sites excluding steroid dienone is 6. The predicted octanol–water partition coefficient (Wildman–Crippen LogP) is 5.44. The van der Waals surface area contributed by atoms with E-state index in [1.54, 1.807) is 11.1 Å². The molecule has 2 rings (SSSR count). The van der Waals surface area contributed by atoms with E-state index in [9.17, 15) is 0 Å². The van der Waals surface area contributed by atoms with Crippen LogP contribution in [0, 0.1) is 6.08 Å². The van der Waals surface area contributed by atoms with Crippen LogP contribution in [-0.2, 0) is 0 Å². The Morgan fingerprint density at radius 2 is 1.71 bits per heavy atom. The molecular weight excluding hydrogens is 223 g/mol. The SMILES string of the molecule is CCCC1=[C]C2=C(CCC)C(CCC)=CC2=P1. The topological polar surface area (TPSA) is 0 Å². The summed E-state index contributed by atoms with van der Waals surface area (Å²) in [7, 11) is 1.43. The molecule has 17 heavy (non-hydrogen) atoms. The highest BCUT2D eigenvalue weighted by Gasteiger charge is 2.23. The number of hydrogen-bond acceptors (Lipinski definition) is 0. The molecule has 2 aliphatic rings. The van der Waals surface area contributed by atoms with Gasteiger partial charge in [0.25, 0.3) is 0 Å². The third-order valence-corrected chi connectivity index (χ3v) is 4.49. The molecule has 1 heteroatoms. The van der Waals surface area contributed by atoms with Gasteiger partial charge in [-0.2, -0.15) is 0 Å². The average Bonchev–Trinajstić information content (AvgIpc) is 2.80. The summed E-state index contributed by atoms with van der Waals surface area (Å²) < 4.78 is 0. The summed E-state index contributed by atoms with van der Waals surface area (Å²) in [6.45, 7) is 6.80. The molecule has 1 heterocycles. The van der Waals surface area contributed by atoms with Gasteiger partial charge in [0.05, 0.1) is 0 Å². The Bertz CT molecular complexity index is 419. The fraction of sp³-hybridized carbons (Fsp3) is 0.562. The number of hydrogen-bond donors (Lipinski definition) is 0. The third kappa shape index (κ3) is 2.63. The van der Waals surface area contributed by atoms with Gasteiger partial charge in [0.2, 0.25) is 0 Å². The van der Waals surface area contributed by atoms with Crippen LogP contribution in [0.4, 0.5) is 0 Å². The van der Waals surface area contributed by atoms with E-state index in [0.29, 0.717) is 0 Å². The molecule has 0 saturated heterocycles. The van der Waals surface area contributed by atoms with Gasteiger partial charge in [-0.05, 0) is 53.4 Å². The minimum Gasteiger partial charge on any atom is -0.0651 e. The van der Waals surface area contributed by atoms with Crippen LogP contribution in [0.5, 0.6) is 0 Å². The zero-order valence-electron chi connectivity index (χ0n) is 11.3. The first-order valence-electron chi connectivity index (χ1n) is 6.96. The monoisotopic (exact) mass is 245 g/mol. The van der Waals surface area contributed by atoms with Crippen molar-refractivity contribution < 1.29 is 0 Å². The second-order valence-electron chi connectivity index (χ2n) is 4.84. The van der Waals surface area contributed by atoms with Crippen molar-refractivity contribution in [1.82, 2.24) is 0 Å². The van der Waals surface area contributed by atoms with Crippen molar-refractivity contribution in [3.8, 4) is 0 Å². The lowest BCUT2D eigenvalue weighted by molar-refractivity contribution is 0.854. The van der Waals surface area contributed by atoms with Crippen LogP contribution < -0.4 is 0 Å². The molecule has 0 N–H and O–H groups in total. The van der Waals surface area contributed by atoms with Crippen molar-refractivity contribution in [1.29, 1.82) is 0 Å². The van der Waals surface area contributed by atoms with Gasteiger partial charge in [-0.3, -0.25) is 0 Å². The second-order valence-corrected chi connectivity index (χ2v) is 6.09. The van der Waals surface area contributed by atoms with E-state index >= 15 is 0 Å². The molecule has 0 unspecified atom stereocenters. The molecule has 0 bridgehead atoms. The summed E-state index contributed by atoms with van der Waals surface area (Å²) in [6, 6.07) is 0. The molecule has 91 valence electrons. The highest BCUT2D eigenvalue weighted by Crippen LogP contribution is 2.41. The normalized spacial score (nSPS) is 19.1. The van der Waals surface area contributed by atoms with Crippen LogP contribution in [0.1, 0.15) is 59.3 Å². The second kappa shape index (κ2) is 5.83. The third-order valence-electron chi connectivity index (χ3n) is 3.29. The van der Waals surface area contributed by atoms with E-state index in [1.165, 1.54) is 62.9 Å². The fourth-order valence-corrected chi connectivity index (χ4v) is 3.88. The summed E-state index contributed by atoms with van der Waals surface area (Å²) in [4.78, 5) is 0. The molecule has 0 aromatic rings. The van der Waals surface area contributed by atoms with Crippen LogP contribution in [0.15, 0.2) is 28.1 Å². The van der Waals surface area contributed by atoms with Gasteiger partial charge in [-0.1, -0.05) is 48.2 Å². The van der Waals surface area contributed by atoms with E-state index in [1.807, 2.05) is 0 Å². The average molecular weight is 245 g/mol. The Labute approximate surface area is 107 Å². The standard InChI is InChI=1S/C16H22P/c1-4-7-12-10-16-15(14(12)9-6-3)11-13(17-16)8-5-2/h10H,4-9H2,1-3H3. The van der Waals surface area contributed by atoms with E-state index in [-0.39, 0.29) is 0 Å². The van der Waals surface area contributed by atoms with E-state index in [4.69, 9.17) is 0 Å². The van der Waals surface area contributed by atoms with Crippen LogP contribution in [0.25, 0.3) is 0 Å². The van der Waals surface area contributed by atoms with Crippen LogP contribution >= 0.6 is 8.20 Å². The van der Waals surface area contributed by atoms with Crippen molar-refractivity contribution in [2.45, 2.75) is 59.3 Å². The summed E-state index contributed by atoms with van der Waals surface area (Å²) in [5, 5.41) is 3.03. The molecule has 1 aliphatic carbocycles. The Balaban J connectivity index is 2.26. The van der Waals surface area contributed by atoms with E-state index in [2.05, 4.69) is 32.9 Å². The van der Waals surface area contributed by atoms with Gasteiger partial charge in [0.15, 0.2) is 0 Å². The fourth-order valence-electron chi connectivity index (χ4n) is 2.57. The number of fused-ring (bicyclic) bond motifs is 1. The smallest absolute Gasteiger partial charge is 0.0105 e. The quantitative estimate of drug-likeness (QED) is 0.546. The molecule has 0 amide bonds. The van der Waals surface area contributed by atoms with Crippen molar-refractivity contribution in [2.75, 3.05) is 0 Å². The van der Waals surface area contributed by atoms with Crippen LogP contribution in [0.3, 0.4) is 0 Å². The molecule has 0 saturated carbocycles. The van der Waals surface area contributed by atoms with Gasteiger partial charge >= 0.3 is 0 Å². The maximum atomic E-state index is 3.67. The van der Waals surface area contributed by atoms with Gasteiger partial charge in [-0.15, -0.1) is 0 Å². The Hall–Kier alpha value is -0.610. The molecule has 0 spiro atoms. The molecule has 1 radical (unpaired) electrons. The first-order valence-corrected chi connectivity index (χ1v) is 7.85. The summed E-state index contributed by atoms with van der Waals surface area (Å²) >= 11 is 0. The van der Waals surface area contributed by atoms with Gasteiger partial charge in [0.1, 0.15) is 0 Å². The van der Waals surface area contributed by atoms with Crippen molar-refractivity contribution >= 4 is 13.5 Å². The summed E-state index contributed by atoms with van der Waals surface area (Å²) in [5.74, 6) is 0. The minimum absolute atomic E-state index is 1.21. The molecule has 0 nitrogen and oxygen atoms in total. The molecule has 1 aliphatic heterocycles. The maximum Gasteiger partial charge on any atom is 0.0105 e. The highest BCUT2D eigenvalue weighted by atomic mass is 31.1. The zero-order chi connectivity index (χ0) is 12.3. The summed E-state index contributed by atoms with van der Waals surface area (Å²) in [5.41, 5.74) is 4.65. The van der Waals surface area contributed by atoms with E-state index in [0.717, 1.165) is 0 Å². The van der Waals surface area contributed by atoms with Crippen molar-refractivity contribution in [3.05, 3.63) is 34.2 Å². The lowest BCUT2D eigenvalue weighted by atomic mass is 9.97. The van der Waals surface area contributed by atoms with Crippen LogP contribution in [0.2, 0.25) is 0 Å². The number of rotatable bonds is 6. The lowest BCUT2D eigenvalue weighted by Gasteiger charge is -2.07. The zero-order valence-corrected chi connectivity index (χ0v) is 12.2. The first kappa shape index (κ1) is 12.8. The molecular formula is C16H22P. The van der Waals surface area contributed by atoms with Crippen molar-refractivity contribution in [2.24, 2.45) is 0 Å². The summed E-state index contributed by atoms with van der Waals surface area (Å²) in [6.07, 6.45) is 13.5. The maximum absolute atomic E-state index is 3.67. The first-order chi connectivity index (χ1) is 8.30. The minimum atomic E-state index is 1.21. The molecule has 0 fully saturated rings. The predicted molar refractivity (Wildman–Crippen MR) is 78.5 cm³/mol. The van der Waals surface area contributed by atoms with Crippen molar-refractivity contribution in [3.63, 3.8) is 0 Å². The van der Waals surface area contributed by atoms with Crippen LogP contribution in [-0.4, -0.2) is 5.29 Å². The molecule has 0 aromatic heterocycles.